The first-order valence-corrected chi connectivity index (χ1v) is 6.31. The Hall–Kier alpha value is -1.14. The van der Waals surface area contributed by atoms with E-state index < -0.39 is 6.04 Å². The van der Waals surface area contributed by atoms with Crippen LogP contribution in [0.2, 0.25) is 0 Å². The zero-order valence-electron chi connectivity index (χ0n) is 11.4. The first-order chi connectivity index (χ1) is 8.50. The topological polar surface area (TPSA) is 61.9 Å². The number of carbonyl (C=O) groups excluding carboxylic acids is 2. The molecule has 1 aliphatic heterocycles. The van der Waals surface area contributed by atoms with Gasteiger partial charge in [0.15, 0.2) is 0 Å². The summed E-state index contributed by atoms with van der Waals surface area (Å²) in [5.41, 5.74) is 0. The molecule has 1 rings (SSSR count). The lowest BCUT2D eigenvalue weighted by Crippen LogP contribution is -2.43. The van der Waals surface area contributed by atoms with Crippen LogP contribution in [0, 0.1) is 0 Å². The van der Waals surface area contributed by atoms with Crippen molar-refractivity contribution in [1.82, 2.24) is 15.1 Å². The van der Waals surface area contributed by atoms with Gasteiger partial charge in [0.1, 0.15) is 6.04 Å². The molecular weight excluding hydrogens is 234 g/mol. The van der Waals surface area contributed by atoms with Gasteiger partial charge in [0.2, 0.25) is 11.8 Å². The summed E-state index contributed by atoms with van der Waals surface area (Å²) in [5, 5.41) is 2.66. The highest BCUT2D eigenvalue weighted by atomic mass is 16.5. The van der Waals surface area contributed by atoms with Crippen LogP contribution < -0.4 is 5.32 Å². The SMILES string of the molecule is CC1NC(=O)CCN(CCOCCN(C)C)C1=O. The predicted octanol–water partition coefficient (Wildman–Crippen LogP) is -0.698. The number of hydrogen-bond donors (Lipinski definition) is 1. The second-order valence-electron chi connectivity index (χ2n) is 4.78. The van der Waals surface area contributed by atoms with Crippen LogP contribution in [0.25, 0.3) is 0 Å². The second kappa shape index (κ2) is 7.33. The molecule has 1 heterocycles. The van der Waals surface area contributed by atoms with Crippen LogP contribution in [0.1, 0.15) is 13.3 Å². The largest absolute Gasteiger partial charge is 0.378 e. The van der Waals surface area contributed by atoms with E-state index in [4.69, 9.17) is 4.74 Å². The number of nitrogens with one attached hydrogen (secondary N) is 1. The number of nitrogens with zero attached hydrogens (tertiary/aromatic N) is 2. The van der Waals surface area contributed by atoms with Gasteiger partial charge in [0.05, 0.1) is 13.2 Å². The van der Waals surface area contributed by atoms with Gasteiger partial charge in [-0.2, -0.15) is 0 Å². The highest BCUT2D eigenvalue weighted by Crippen LogP contribution is 2.03. The lowest BCUT2D eigenvalue weighted by Gasteiger charge is -2.22. The van der Waals surface area contributed by atoms with Crippen LogP contribution in [-0.2, 0) is 14.3 Å². The fraction of sp³-hybridized carbons (Fsp3) is 0.833. The van der Waals surface area contributed by atoms with E-state index in [1.807, 2.05) is 19.0 Å². The Morgan fingerprint density at radius 3 is 2.78 bits per heavy atom. The van der Waals surface area contributed by atoms with Crippen LogP contribution in [0.3, 0.4) is 0 Å². The molecular formula is C12H23N3O3. The minimum atomic E-state index is -0.429. The Morgan fingerprint density at radius 1 is 1.39 bits per heavy atom. The average Bonchev–Trinajstić information content (AvgIpc) is 2.41. The molecule has 6 nitrogen and oxygen atoms in total. The number of ether oxygens (including phenoxy) is 1. The molecule has 6 heteroatoms. The Balaban J connectivity index is 2.27. The molecule has 1 saturated heterocycles. The smallest absolute Gasteiger partial charge is 0.244 e. The lowest BCUT2D eigenvalue weighted by molar-refractivity contribution is -0.133. The number of rotatable bonds is 6. The molecule has 1 aliphatic rings. The minimum absolute atomic E-state index is 0.0305. The summed E-state index contributed by atoms with van der Waals surface area (Å²) in [6, 6.07) is -0.429. The van der Waals surface area contributed by atoms with Crippen molar-refractivity contribution in [1.29, 1.82) is 0 Å². The fourth-order valence-electron chi connectivity index (χ4n) is 1.74. The van der Waals surface area contributed by atoms with Crippen molar-refractivity contribution in [2.24, 2.45) is 0 Å². The summed E-state index contributed by atoms with van der Waals surface area (Å²) in [4.78, 5) is 27.0. The second-order valence-corrected chi connectivity index (χ2v) is 4.78. The zero-order valence-corrected chi connectivity index (χ0v) is 11.4. The van der Waals surface area contributed by atoms with Crippen molar-refractivity contribution in [3.05, 3.63) is 0 Å². The van der Waals surface area contributed by atoms with Crippen molar-refractivity contribution in [2.45, 2.75) is 19.4 Å². The van der Waals surface area contributed by atoms with Gasteiger partial charge >= 0.3 is 0 Å². The third kappa shape index (κ3) is 5.01. The average molecular weight is 257 g/mol. The molecule has 1 atom stereocenters. The highest BCUT2D eigenvalue weighted by molar-refractivity contribution is 5.89. The van der Waals surface area contributed by atoms with Gasteiger partial charge < -0.3 is 19.9 Å². The third-order valence-corrected chi connectivity index (χ3v) is 2.86. The molecule has 1 unspecified atom stereocenters. The molecule has 0 aromatic heterocycles. The minimum Gasteiger partial charge on any atom is -0.378 e. The maximum atomic E-state index is 11.9. The van der Waals surface area contributed by atoms with Crippen molar-refractivity contribution in [2.75, 3.05) is 46.9 Å². The van der Waals surface area contributed by atoms with Crippen LogP contribution >= 0.6 is 0 Å². The van der Waals surface area contributed by atoms with E-state index in [0.717, 1.165) is 6.54 Å². The van der Waals surface area contributed by atoms with Gasteiger partial charge in [-0.3, -0.25) is 9.59 Å². The first-order valence-electron chi connectivity index (χ1n) is 6.31. The summed E-state index contributed by atoms with van der Waals surface area (Å²) >= 11 is 0. The van der Waals surface area contributed by atoms with Gasteiger partial charge in [-0.15, -0.1) is 0 Å². The van der Waals surface area contributed by atoms with E-state index >= 15 is 0 Å². The van der Waals surface area contributed by atoms with Crippen molar-refractivity contribution < 1.29 is 14.3 Å². The van der Waals surface area contributed by atoms with Gasteiger partial charge in [-0.25, -0.2) is 0 Å². The highest BCUT2D eigenvalue weighted by Gasteiger charge is 2.25. The van der Waals surface area contributed by atoms with Crippen molar-refractivity contribution in [3.8, 4) is 0 Å². The molecule has 0 aromatic carbocycles. The summed E-state index contributed by atoms with van der Waals surface area (Å²) in [7, 11) is 3.97. The lowest BCUT2D eigenvalue weighted by atomic mass is 10.3. The summed E-state index contributed by atoms with van der Waals surface area (Å²) in [6.07, 6.45) is 0.369. The Kier molecular flexibility index (Phi) is 6.07. The van der Waals surface area contributed by atoms with Crippen molar-refractivity contribution in [3.63, 3.8) is 0 Å². The van der Waals surface area contributed by atoms with Crippen LogP contribution in [0.5, 0.6) is 0 Å². The molecule has 0 bridgehead atoms. The number of hydrogen-bond acceptors (Lipinski definition) is 4. The molecule has 1 N–H and O–H groups in total. The van der Waals surface area contributed by atoms with E-state index in [1.165, 1.54) is 0 Å². The third-order valence-electron chi connectivity index (χ3n) is 2.86. The Bertz CT molecular complexity index is 294. The molecule has 2 amide bonds. The van der Waals surface area contributed by atoms with Crippen LogP contribution in [0.4, 0.5) is 0 Å². The maximum Gasteiger partial charge on any atom is 0.244 e. The zero-order chi connectivity index (χ0) is 13.5. The molecule has 0 aliphatic carbocycles. The molecule has 1 fully saturated rings. The molecule has 0 spiro atoms. The van der Waals surface area contributed by atoms with Gasteiger partial charge in [0.25, 0.3) is 0 Å². The number of amides is 2. The van der Waals surface area contributed by atoms with E-state index in [0.29, 0.717) is 32.7 Å². The molecule has 104 valence electrons. The van der Waals surface area contributed by atoms with E-state index in [2.05, 4.69) is 5.32 Å². The quantitative estimate of drug-likeness (QED) is 0.639. The van der Waals surface area contributed by atoms with Gasteiger partial charge in [-0.1, -0.05) is 0 Å². The van der Waals surface area contributed by atoms with Crippen molar-refractivity contribution >= 4 is 11.8 Å². The fourth-order valence-corrected chi connectivity index (χ4v) is 1.74. The summed E-state index contributed by atoms with van der Waals surface area (Å²) in [5.74, 6) is -0.0936. The number of carbonyl (C=O) groups is 2. The Labute approximate surface area is 108 Å². The molecule has 0 radical (unpaired) electrons. The molecule has 18 heavy (non-hydrogen) atoms. The van der Waals surface area contributed by atoms with Gasteiger partial charge in [0, 0.05) is 26.1 Å². The number of likely N-dealkylation sites (N-methyl/N-ethyl adjacent to an activating group) is 1. The standard InChI is InChI=1S/C12H23N3O3/c1-10-12(17)15(5-4-11(16)13-10)7-9-18-8-6-14(2)3/h10H,4-9H2,1-3H3,(H,13,16). The molecule has 0 aromatic rings. The van der Waals surface area contributed by atoms with Crippen LogP contribution in [-0.4, -0.2) is 74.6 Å². The first kappa shape index (κ1) is 14.9. The Morgan fingerprint density at radius 2 is 2.11 bits per heavy atom. The molecule has 0 saturated carbocycles. The predicted molar refractivity (Wildman–Crippen MR) is 68.2 cm³/mol. The monoisotopic (exact) mass is 257 g/mol. The van der Waals surface area contributed by atoms with E-state index in [9.17, 15) is 9.59 Å². The maximum absolute atomic E-state index is 11.9. The normalized spacial score (nSPS) is 21.1. The van der Waals surface area contributed by atoms with E-state index in [-0.39, 0.29) is 11.8 Å². The summed E-state index contributed by atoms with van der Waals surface area (Å²) in [6.45, 7) is 4.77. The summed E-state index contributed by atoms with van der Waals surface area (Å²) < 4.78 is 5.46. The van der Waals surface area contributed by atoms with Gasteiger partial charge in [-0.05, 0) is 21.0 Å². The van der Waals surface area contributed by atoms with Crippen LogP contribution in [0.15, 0.2) is 0 Å². The van der Waals surface area contributed by atoms with E-state index in [1.54, 1.807) is 11.8 Å².